The SMILES string of the molecule is CCN(CC)c1ccc(/C(C)=N/NC(=O)c2ccc(O)cc2)cc1. The lowest BCUT2D eigenvalue weighted by molar-refractivity contribution is 0.0955. The molecule has 0 radical (unpaired) electrons. The van der Waals surface area contributed by atoms with Crippen molar-refractivity contribution in [1.82, 2.24) is 5.43 Å². The van der Waals surface area contributed by atoms with Gasteiger partial charge in [0, 0.05) is 24.3 Å². The summed E-state index contributed by atoms with van der Waals surface area (Å²) in [6.45, 7) is 8.03. The van der Waals surface area contributed by atoms with Crippen LogP contribution in [0.5, 0.6) is 5.75 Å². The van der Waals surface area contributed by atoms with Crippen LogP contribution in [0.15, 0.2) is 53.6 Å². The van der Waals surface area contributed by atoms with Crippen LogP contribution in [-0.2, 0) is 0 Å². The first-order valence-electron chi connectivity index (χ1n) is 8.04. The zero-order chi connectivity index (χ0) is 17.5. The highest BCUT2D eigenvalue weighted by atomic mass is 16.3. The standard InChI is InChI=1S/C19H23N3O2/c1-4-22(5-2)17-10-6-15(7-11-17)14(3)20-21-19(24)16-8-12-18(23)13-9-16/h6-13,23H,4-5H2,1-3H3,(H,21,24)/b20-14+. The summed E-state index contributed by atoms with van der Waals surface area (Å²) in [4.78, 5) is 14.3. The zero-order valence-corrected chi connectivity index (χ0v) is 14.3. The van der Waals surface area contributed by atoms with E-state index in [0.29, 0.717) is 5.56 Å². The van der Waals surface area contributed by atoms with Gasteiger partial charge in [-0.05, 0) is 62.7 Å². The van der Waals surface area contributed by atoms with Crippen molar-refractivity contribution in [3.63, 3.8) is 0 Å². The lowest BCUT2D eigenvalue weighted by Crippen LogP contribution is -2.21. The van der Waals surface area contributed by atoms with Crippen LogP contribution in [0, 0.1) is 0 Å². The zero-order valence-electron chi connectivity index (χ0n) is 14.3. The number of benzene rings is 2. The molecule has 0 bridgehead atoms. The number of carbonyl (C=O) groups is 1. The maximum atomic E-state index is 12.0. The number of rotatable bonds is 6. The minimum Gasteiger partial charge on any atom is -0.508 e. The molecule has 0 aliphatic heterocycles. The number of carbonyl (C=O) groups excluding carboxylic acids is 1. The normalized spacial score (nSPS) is 11.2. The molecular weight excluding hydrogens is 302 g/mol. The molecule has 0 unspecified atom stereocenters. The van der Waals surface area contributed by atoms with Crippen molar-refractivity contribution in [1.29, 1.82) is 0 Å². The van der Waals surface area contributed by atoms with Gasteiger partial charge in [0.05, 0.1) is 5.71 Å². The number of hydrogen-bond donors (Lipinski definition) is 2. The molecule has 24 heavy (non-hydrogen) atoms. The van der Waals surface area contributed by atoms with E-state index < -0.39 is 0 Å². The lowest BCUT2D eigenvalue weighted by Gasteiger charge is -2.21. The van der Waals surface area contributed by atoms with Gasteiger partial charge in [0.2, 0.25) is 0 Å². The van der Waals surface area contributed by atoms with E-state index in [4.69, 9.17) is 0 Å². The summed E-state index contributed by atoms with van der Waals surface area (Å²) in [6.07, 6.45) is 0. The fraction of sp³-hybridized carbons (Fsp3) is 0.263. The lowest BCUT2D eigenvalue weighted by atomic mass is 10.1. The van der Waals surface area contributed by atoms with Crippen molar-refractivity contribution in [2.45, 2.75) is 20.8 Å². The molecule has 0 aliphatic carbocycles. The molecule has 2 aromatic rings. The van der Waals surface area contributed by atoms with Crippen LogP contribution >= 0.6 is 0 Å². The Hall–Kier alpha value is -2.82. The van der Waals surface area contributed by atoms with E-state index in [1.807, 2.05) is 19.1 Å². The molecule has 5 nitrogen and oxygen atoms in total. The minimum absolute atomic E-state index is 0.125. The van der Waals surface area contributed by atoms with Crippen LogP contribution in [0.4, 0.5) is 5.69 Å². The van der Waals surface area contributed by atoms with Gasteiger partial charge in [-0.3, -0.25) is 4.79 Å². The first-order valence-corrected chi connectivity index (χ1v) is 8.04. The Morgan fingerprint density at radius 2 is 1.54 bits per heavy atom. The Bertz CT molecular complexity index is 702. The molecule has 126 valence electrons. The van der Waals surface area contributed by atoms with Gasteiger partial charge >= 0.3 is 0 Å². The Kier molecular flexibility index (Phi) is 5.95. The summed E-state index contributed by atoms with van der Waals surface area (Å²) >= 11 is 0. The number of phenolic OH excluding ortho intramolecular Hbond substituents is 1. The molecule has 0 atom stereocenters. The van der Waals surface area contributed by atoms with Crippen LogP contribution in [0.1, 0.15) is 36.7 Å². The Morgan fingerprint density at radius 3 is 2.08 bits per heavy atom. The van der Waals surface area contributed by atoms with Crippen molar-refractivity contribution in [3.8, 4) is 5.75 Å². The second-order valence-corrected chi connectivity index (χ2v) is 5.40. The number of phenols is 1. The van der Waals surface area contributed by atoms with E-state index in [1.165, 1.54) is 17.8 Å². The highest BCUT2D eigenvalue weighted by Gasteiger charge is 2.06. The smallest absolute Gasteiger partial charge is 0.271 e. The minimum atomic E-state index is -0.311. The number of hydrazone groups is 1. The molecule has 0 spiro atoms. The van der Waals surface area contributed by atoms with Gasteiger partial charge in [-0.15, -0.1) is 0 Å². The third kappa shape index (κ3) is 4.35. The topological polar surface area (TPSA) is 64.9 Å². The van der Waals surface area contributed by atoms with E-state index >= 15 is 0 Å². The van der Waals surface area contributed by atoms with E-state index in [2.05, 4.69) is 41.4 Å². The second-order valence-electron chi connectivity index (χ2n) is 5.40. The molecule has 5 heteroatoms. The molecule has 0 heterocycles. The van der Waals surface area contributed by atoms with Crippen molar-refractivity contribution in [3.05, 3.63) is 59.7 Å². The summed E-state index contributed by atoms with van der Waals surface area (Å²) in [6, 6.07) is 14.2. The van der Waals surface area contributed by atoms with Crippen LogP contribution in [-0.4, -0.2) is 29.8 Å². The molecule has 2 rings (SSSR count). The van der Waals surface area contributed by atoms with Gasteiger partial charge in [0.25, 0.3) is 5.91 Å². The average molecular weight is 325 g/mol. The number of hydrogen-bond acceptors (Lipinski definition) is 4. The van der Waals surface area contributed by atoms with Gasteiger partial charge in [0.1, 0.15) is 5.75 Å². The Morgan fingerprint density at radius 1 is 1.00 bits per heavy atom. The van der Waals surface area contributed by atoms with Gasteiger partial charge in [-0.1, -0.05) is 12.1 Å². The number of aromatic hydroxyl groups is 1. The van der Waals surface area contributed by atoms with Crippen LogP contribution in [0.25, 0.3) is 0 Å². The second kappa shape index (κ2) is 8.15. The van der Waals surface area contributed by atoms with E-state index in [1.54, 1.807) is 12.1 Å². The first-order chi connectivity index (χ1) is 11.5. The van der Waals surface area contributed by atoms with E-state index in [0.717, 1.165) is 24.4 Å². The summed E-state index contributed by atoms with van der Waals surface area (Å²) in [5, 5.41) is 13.4. The average Bonchev–Trinajstić information content (AvgIpc) is 2.61. The fourth-order valence-corrected chi connectivity index (χ4v) is 2.38. The monoisotopic (exact) mass is 325 g/mol. The molecule has 1 amide bonds. The summed E-state index contributed by atoms with van der Waals surface area (Å²) in [5.74, 6) is -0.186. The van der Waals surface area contributed by atoms with Gasteiger partial charge < -0.3 is 10.0 Å². The predicted octanol–water partition coefficient (Wildman–Crippen LogP) is 3.39. The maximum Gasteiger partial charge on any atom is 0.271 e. The summed E-state index contributed by atoms with van der Waals surface area (Å²) in [5.41, 5.74) is 5.84. The Labute approximate surface area is 142 Å². The molecule has 0 fully saturated rings. The van der Waals surface area contributed by atoms with Gasteiger partial charge in [0.15, 0.2) is 0 Å². The van der Waals surface area contributed by atoms with E-state index in [9.17, 15) is 9.90 Å². The van der Waals surface area contributed by atoms with Crippen LogP contribution in [0.2, 0.25) is 0 Å². The molecular formula is C19H23N3O2. The first kappa shape index (κ1) is 17.5. The predicted molar refractivity (Wildman–Crippen MR) is 97.8 cm³/mol. The van der Waals surface area contributed by atoms with Crippen LogP contribution < -0.4 is 10.3 Å². The van der Waals surface area contributed by atoms with Crippen LogP contribution in [0.3, 0.4) is 0 Å². The number of anilines is 1. The summed E-state index contributed by atoms with van der Waals surface area (Å²) in [7, 11) is 0. The molecule has 0 aromatic heterocycles. The molecule has 2 N–H and O–H groups in total. The van der Waals surface area contributed by atoms with Crippen molar-refractivity contribution >= 4 is 17.3 Å². The fourth-order valence-electron chi connectivity index (χ4n) is 2.38. The third-order valence-electron chi connectivity index (χ3n) is 3.87. The van der Waals surface area contributed by atoms with Crippen molar-refractivity contribution in [2.24, 2.45) is 5.10 Å². The number of nitrogens with zero attached hydrogens (tertiary/aromatic N) is 2. The molecule has 0 saturated carbocycles. The van der Waals surface area contributed by atoms with Gasteiger partial charge in [-0.25, -0.2) is 5.43 Å². The van der Waals surface area contributed by atoms with Crippen molar-refractivity contribution in [2.75, 3.05) is 18.0 Å². The largest absolute Gasteiger partial charge is 0.508 e. The highest BCUT2D eigenvalue weighted by molar-refractivity contribution is 6.01. The Balaban J connectivity index is 2.05. The summed E-state index contributed by atoms with van der Waals surface area (Å²) < 4.78 is 0. The molecule has 0 saturated heterocycles. The number of nitrogens with one attached hydrogen (secondary N) is 1. The quantitative estimate of drug-likeness (QED) is 0.632. The maximum absolute atomic E-state index is 12.0. The van der Waals surface area contributed by atoms with Gasteiger partial charge in [-0.2, -0.15) is 5.10 Å². The van der Waals surface area contributed by atoms with E-state index in [-0.39, 0.29) is 11.7 Å². The molecule has 0 aliphatic rings. The highest BCUT2D eigenvalue weighted by Crippen LogP contribution is 2.15. The third-order valence-corrected chi connectivity index (χ3v) is 3.87. The van der Waals surface area contributed by atoms with Crippen molar-refractivity contribution < 1.29 is 9.90 Å². The molecule has 2 aromatic carbocycles. The number of amides is 1.